The van der Waals surface area contributed by atoms with E-state index in [2.05, 4.69) is 5.43 Å². The molecule has 0 atom stereocenters. The average molecular weight is 341 g/mol. The van der Waals surface area contributed by atoms with E-state index in [1.807, 2.05) is 34.5 Å². The normalized spacial score (nSPS) is 10.3. The first-order valence-electron chi connectivity index (χ1n) is 7.34. The molecule has 0 radical (unpaired) electrons. The van der Waals surface area contributed by atoms with Gasteiger partial charge in [-0.3, -0.25) is 20.4 Å². The highest BCUT2D eigenvalue weighted by Crippen LogP contribution is 2.12. The second kappa shape index (κ2) is 6.96. The van der Waals surface area contributed by atoms with Crippen LogP contribution < -0.4 is 10.9 Å². The molecule has 3 aromatic rings. The van der Waals surface area contributed by atoms with Crippen molar-refractivity contribution >= 4 is 11.8 Å². The number of benzene rings is 2. The van der Waals surface area contributed by atoms with Gasteiger partial charge < -0.3 is 4.57 Å². The van der Waals surface area contributed by atoms with Gasteiger partial charge >= 0.3 is 0 Å². The third-order valence-corrected chi connectivity index (χ3v) is 3.51. The molecule has 2 amide bonds. The predicted molar refractivity (Wildman–Crippen MR) is 87.1 cm³/mol. The van der Waals surface area contributed by atoms with Gasteiger partial charge in [-0.15, -0.1) is 0 Å². The van der Waals surface area contributed by atoms with Gasteiger partial charge in [0, 0.05) is 23.6 Å². The third kappa shape index (κ3) is 3.55. The van der Waals surface area contributed by atoms with Crippen molar-refractivity contribution in [1.29, 1.82) is 0 Å². The zero-order chi connectivity index (χ0) is 17.8. The van der Waals surface area contributed by atoms with Crippen molar-refractivity contribution in [3.63, 3.8) is 0 Å². The molecule has 2 N–H and O–H groups in total. The van der Waals surface area contributed by atoms with Crippen molar-refractivity contribution in [2.24, 2.45) is 0 Å². The first-order chi connectivity index (χ1) is 12.1. The summed E-state index contributed by atoms with van der Waals surface area (Å²) in [6.45, 7) is 0. The van der Waals surface area contributed by atoms with Crippen LogP contribution >= 0.6 is 0 Å². The number of hydrazine groups is 1. The van der Waals surface area contributed by atoms with Crippen LogP contribution in [0, 0.1) is 11.6 Å². The van der Waals surface area contributed by atoms with Gasteiger partial charge in [0.15, 0.2) is 0 Å². The number of nitrogens with one attached hydrogen (secondary N) is 2. The molecule has 5 nitrogen and oxygen atoms in total. The Morgan fingerprint density at radius 2 is 1.32 bits per heavy atom. The SMILES string of the molecule is O=C(NNC(=O)c1c(F)cccc1F)c1ccc(-n2cccc2)cc1. The average Bonchev–Trinajstić information content (AvgIpc) is 3.14. The molecule has 0 bridgehead atoms. The van der Waals surface area contributed by atoms with Crippen LogP contribution in [-0.4, -0.2) is 16.4 Å². The molecular formula is C18H13F2N3O2. The summed E-state index contributed by atoms with van der Waals surface area (Å²) in [6.07, 6.45) is 3.72. The van der Waals surface area contributed by atoms with Gasteiger partial charge in [0.25, 0.3) is 11.8 Å². The first-order valence-corrected chi connectivity index (χ1v) is 7.34. The summed E-state index contributed by atoms with van der Waals surface area (Å²) in [5.74, 6) is -3.71. The summed E-state index contributed by atoms with van der Waals surface area (Å²) < 4.78 is 28.9. The Hall–Kier alpha value is -3.48. The highest BCUT2D eigenvalue weighted by Gasteiger charge is 2.17. The molecule has 0 fully saturated rings. The summed E-state index contributed by atoms with van der Waals surface area (Å²) >= 11 is 0. The minimum absolute atomic E-state index is 0.283. The van der Waals surface area contributed by atoms with Crippen LogP contribution in [-0.2, 0) is 0 Å². The van der Waals surface area contributed by atoms with E-state index >= 15 is 0 Å². The summed E-state index contributed by atoms with van der Waals surface area (Å²) in [4.78, 5) is 23.9. The summed E-state index contributed by atoms with van der Waals surface area (Å²) in [7, 11) is 0. The Labute approximate surface area is 141 Å². The van der Waals surface area contributed by atoms with Gasteiger partial charge in [-0.1, -0.05) is 6.07 Å². The molecular weight excluding hydrogens is 328 g/mol. The van der Waals surface area contributed by atoms with E-state index in [4.69, 9.17) is 0 Å². The van der Waals surface area contributed by atoms with Crippen molar-refractivity contribution < 1.29 is 18.4 Å². The van der Waals surface area contributed by atoms with Crippen molar-refractivity contribution in [1.82, 2.24) is 15.4 Å². The third-order valence-electron chi connectivity index (χ3n) is 3.51. The van der Waals surface area contributed by atoms with E-state index in [9.17, 15) is 18.4 Å². The molecule has 126 valence electrons. The Kier molecular flexibility index (Phi) is 4.56. The smallest absolute Gasteiger partial charge is 0.275 e. The van der Waals surface area contributed by atoms with E-state index in [1.165, 1.54) is 0 Å². The Bertz CT molecular complexity index is 886. The van der Waals surface area contributed by atoms with Gasteiger partial charge in [0.1, 0.15) is 17.2 Å². The molecule has 0 spiro atoms. The van der Waals surface area contributed by atoms with Crippen LogP contribution in [0.25, 0.3) is 5.69 Å². The Balaban J connectivity index is 1.65. The highest BCUT2D eigenvalue weighted by atomic mass is 19.1. The number of hydrogen-bond acceptors (Lipinski definition) is 2. The van der Waals surface area contributed by atoms with Crippen molar-refractivity contribution in [2.45, 2.75) is 0 Å². The molecule has 0 unspecified atom stereocenters. The van der Waals surface area contributed by atoms with E-state index in [0.29, 0.717) is 0 Å². The maximum absolute atomic E-state index is 13.5. The molecule has 7 heteroatoms. The van der Waals surface area contributed by atoms with Crippen LogP contribution in [0.2, 0.25) is 0 Å². The summed E-state index contributed by atoms with van der Waals surface area (Å²) in [5, 5.41) is 0. The molecule has 1 heterocycles. The standard InChI is InChI=1S/C18H13F2N3O2/c19-14-4-3-5-15(20)16(14)18(25)22-21-17(24)12-6-8-13(9-7-12)23-10-1-2-11-23/h1-11H,(H,21,24)(H,22,25). The van der Waals surface area contributed by atoms with Gasteiger partial charge in [-0.2, -0.15) is 0 Å². The molecule has 2 aromatic carbocycles. The molecule has 0 saturated carbocycles. The van der Waals surface area contributed by atoms with Gasteiger partial charge in [-0.05, 0) is 48.5 Å². The van der Waals surface area contributed by atoms with E-state index in [0.717, 1.165) is 23.9 Å². The van der Waals surface area contributed by atoms with Gasteiger partial charge in [0.05, 0.1) is 0 Å². The molecule has 0 aliphatic carbocycles. The number of halogens is 2. The van der Waals surface area contributed by atoms with Crippen molar-refractivity contribution in [2.75, 3.05) is 0 Å². The van der Waals surface area contributed by atoms with Crippen LogP contribution in [0.5, 0.6) is 0 Å². The number of hydrogen-bond donors (Lipinski definition) is 2. The van der Waals surface area contributed by atoms with E-state index < -0.39 is 29.0 Å². The largest absolute Gasteiger partial charge is 0.324 e. The Morgan fingerprint density at radius 1 is 0.760 bits per heavy atom. The number of carbonyl (C=O) groups is 2. The summed E-state index contributed by atoms with van der Waals surface area (Å²) in [6, 6.07) is 13.4. The van der Waals surface area contributed by atoms with Crippen LogP contribution in [0.3, 0.4) is 0 Å². The fraction of sp³-hybridized carbons (Fsp3) is 0. The molecule has 25 heavy (non-hydrogen) atoms. The highest BCUT2D eigenvalue weighted by molar-refractivity contribution is 5.99. The first kappa shape index (κ1) is 16.4. The molecule has 0 aliphatic rings. The quantitative estimate of drug-likeness (QED) is 0.720. The van der Waals surface area contributed by atoms with Crippen molar-refractivity contribution in [3.05, 3.63) is 89.8 Å². The second-order valence-electron chi connectivity index (χ2n) is 5.14. The maximum Gasteiger partial charge on any atom is 0.275 e. The van der Waals surface area contributed by atoms with E-state index in [1.54, 1.807) is 24.3 Å². The van der Waals surface area contributed by atoms with E-state index in [-0.39, 0.29) is 5.56 Å². The number of carbonyl (C=O) groups excluding carboxylic acids is 2. The molecule has 0 saturated heterocycles. The molecule has 0 aliphatic heterocycles. The lowest BCUT2D eigenvalue weighted by molar-refractivity contribution is 0.0841. The van der Waals surface area contributed by atoms with Crippen LogP contribution in [0.15, 0.2) is 67.0 Å². The minimum Gasteiger partial charge on any atom is -0.324 e. The van der Waals surface area contributed by atoms with Gasteiger partial charge in [-0.25, -0.2) is 8.78 Å². The zero-order valence-corrected chi connectivity index (χ0v) is 12.9. The van der Waals surface area contributed by atoms with Gasteiger partial charge in [0.2, 0.25) is 0 Å². The topological polar surface area (TPSA) is 63.1 Å². The molecule has 3 rings (SSSR count). The zero-order valence-electron chi connectivity index (χ0n) is 12.9. The lowest BCUT2D eigenvalue weighted by Gasteiger charge is -2.09. The fourth-order valence-electron chi connectivity index (χ4n) is 2.25. The molecule has 1 aromatic heterocycles. The number of nitrogens with zero attached hydrogens (tertiary/aromatic N) is 1. The fourth-order valence-corrected chi connectivity index (χ4v) is 2.25. The monoisotopic (exact) mass is 341 g/mol. The minimum atomic E-state index is -1.08. The number of rotatable bonds is 3. The lowest BCUT2D eigenvalue weighted by atomic mass is 10.2. The predicted octanol–water partition coefficient (Wildman–Crippen LogP) is 2.83. The summed E-state index contributed by atoms with van der Waals surface area (Å²) in [5.41, 5.74) is 4.51. The van der Waals surface area contributed by atoms with Crippen molar-refractivity contribution in [3.8, 4) is 5.69 Å². The van der Waals surface area contributed by atoms with Crippen LogP contribution in [0.1, 0.15) is 20.7 Å². The second-order valence-corrected chi connectivity index (χ2v) is 5.14. The lowest BCUT2D eigenvalue weighted by Crippen LogP contribution is -2.42. The Morgan fingerprint density at radius 3 is 1.92 bits per heavy atom. The number of amides is 2. The van der Waals surface area contributed by atoms with Crippen LogP contribution in [0.4, 0.5) is 8.78 Å². The maximum atomic E-state index is 13.5. The number of aromatic nitrogens is 1.